The number of ether oxygens (including phenoxy) is 1. The van der Waals surface area contributed by atoms with Crippen molar-refractivity contribution in [2.75, 3.05) is 0 Å². The minimum atomic E-state index is 0.634. The van der Waals surface area contributed by atoms with Crippen molar-refractivity contribution in [2.45, 2.75) is 20.1 Å². The van der Waals surface area contributed by atoms with E-state index in [9.17, 15) is 0 Å². The van der Waals surface area contributed by atoms with E-state index in [0.717, 1.165) is 22.4 Å². The summed E-state index contributed by atoms with van der Waals surface area (Å²) in [6.07, 6.45) is 0. The van der Waals surface area contributed by atoms with E-state index in [-0.39, 0.29) is 0 Å². The van der Waals surface area contributed by atoms with Gasteiger partial charge in [0.25, 0.3) is 0 Å². The molecule has 0 spiro atoms. The normalized spacial score (nSPS) is 14.5. The first-order chi connectivity index (χ1) is 7.25. The smallest absolute Gasteiger partial charge is 0.103 e. The first kappa shape index (κ1) is 9.47. The summed E-state index contributed by atoms with van der Waals surface area (Å²) in [4.78, 5) is 9.09. The second kappa shape index (κ2) is 3.38. The third-order valence-electron chi connectivity index (χ3n) is 2.57. The fraction of sp³-hybridized carbons (Fsp3) is 0.273. The van der Waals surface area contributed by atoms with Gasteiger partial charge in [0.15, 0.2) is 0 Å². The maximum absolute atomic E-state index is 5.40. The van der Waals surface area contributed by atoms with Gasteiger partial charge >= 0.3 is 0 Å². The molecule has 1 aliphatic rings. The van der Waals surface area contributed by atoms with Crippen LogP contribution >= 0.6 is 22.6 Å². The van der Waals surface area contributed by atoms with Crippen molar-refractivity contribution in [1.82, 2.24) is 9.97 Å². The van der Waals surface area contributed by atoms with Crippen LogP contribution in [0, 0.1) is 10.5 Å². The summed E-state index contributed by atoms with van der Waals surface area (Å²) in [6, 6.07) is 4.02. The summed E-state index contributed by atoms with van der Waals surface area (Å²) >= 11 is 2.34. The molecular formula is C11H9IN2O. The molecule has 2 aromatic rings. The molecule has 0 bridgehead atoms. The van der Waals surface area contributed by atoms with Crippen molar-refractivity contribution in [2.24, 2.45) is 0 Å². The van der Waals surface area contributed by atoms with Crippen LogP contribution < -0.4 is 0 Å². The summed E-state index contributed by atoms with van der Waals surface area (Å²) in [6.45, 7) is 3.31. The van der Waals surface area contributed by atoms with Crippen molar-refractivity contribution >= 4 is 33.6 Å². The van der Waals surface area contributed by atoms with Crippen LogP contribution in [0.15, 0.2) is 12.1 Å². The molecule has 0 amide bonds. The highest BCUT2D eigenvalue weighted by atomic mass is 127. The molecule has 76 valence electrons. The van der Waals surface area contributed by atoms with Crippen molar-refractivity contribution < 1.29 is 4.74 Å². The number of halogens is 1. The molecule has 3 rings (SSSR count). The van der Waals surface area contributed by atoms with Gasteiger partial charge in [0.1, 0.15) is 5.52 Å². The third kappa shape index (κ3) is 1.43. The maximum atomic E-state index is 5.40. The van der Waals surface area contributed by atoms with Crippen LogP contribution in [0.25, 0.3) is 11.0 Å². The van der Waals surface area contributed by atoms with Crippen molar-refractivity contribution in [1.29, 1.82) is 0 Å². The van der Waals surface area contributed by atoms with E-state index in [4.69, 9.17) is 4.74 Å². The molecule has 15 heavy (non-hydrogen) atoms. The second-order valence-corrected chi connectivity index (χ2v) is 4.74. The number of hydrogen-bond donors (Lipinski definition) is 0. The average molecular weight is 312 g/mol. The van der Waals surface area contributed by atoms with Crippen LogP contribution in [0.4, 0.5) is 0 Å². The van der Waals surface area contributed by atoms with Gasteiger partial charge in [0.2, 0.25) is 0 Å². The highest BCUT2D eigenvalue weighted by Crippen LogP contribution is 2.28. The second-order valence-electron chi connectivity index (χ2n) is 3.66. The highest BCUT2D eigenvalue weighted by molar-refractivity contribution is 14.1. The number of hydrogen-bond acceptors (Lipinski definition) is 3. The molecule has 0 aromatic carbocycles. The summed E-state index contributed by atoms with van der Waals surface area (Å²) in [5.74, 6) is 0. The molecule has 0 atom stereocenters. The SMILES string of the molecule is Cc1ccc2nc3c(c(I)c2n1)COC3. The van der Waals surface area contributed by atoms with Gasteiger partial charge in [-0.05, 0) is 41.6 Å². The Labute approximate surface area is 101 Å². The summed E-state index contributed by atoms with van der Waals surface area (Å²) in [5, 5.41) is 0. The van der Waals surface area contributed by atoms with E-state index in [0.29, 0.717) is 13.2 Å². The zero-order valence-electron chi connectivity index (χ0n) is 8.25. The Morgan fingerprint density at radius 2 is 2.13 bits per heavy atom. The zero-order valence-corrected chi connectivity index (χ0v) is 10.4. The van der Waals surface area contributed by atoms with Crippen LogP contribution in [0.5, 0.6) is 0 Å². The Bertz CT molecular complexity index is 554. The number of pyridine rings is 2. The molecule has 0 fully saturated rings. The standard InChI is InChI=1S/C11H9IN2O/c1-6-2-3-8-11(13-6)10(12)7-4-15-5-9(7)14-8/h2-3H,4-5H2,1H3. The lowest BCUT2D eigenvalue weighted by Crippen LogP contribution is -1.97. The third-order valence-corrected chi connectivity index (χ3v) is 3.74. The molecule has 0 saturated heterocycles. The molecule has 0 N–H and O–H groups in total. The number of nitrogens with zero attached hydrogens (tertiary/aromatic N) is 2. The van der Waals surface area contributed by atoms with Crippen molar-refractivity contribution in [3.05, 3.63) is 32.7 Å². The fourth-order valence-corrected chi connectivity index (χ4v) is 2.66. The number of aromatic nitrogens is 2. The van der Waals surface area contributed by atoms with Gasteiger partial charge in [0.05, 0.1) is 24.4 Å². The Morgan fingerprint density at radius 1 is 1.27 bits per heavy atom. The van der Waals surface area contributed by atoms with Crippen LogP contribution in [0.2, 0.25) is 0 Å². The summed E-state index contributed by atoms with van der Waals surface area (Å²) < 4.78 is 6.59. The van der Waals surface area contributed by atoms with Crippen molar-refractivity contribution in [3.63, 3.8) is 0 Å². The van der Waals surface area contributed by atoms with Gasteiger partial charge in [-0.1, -0.05) is 0 Å². The topological polar surface area (TPSA) is 35.0 Å². The van der Waals surface area contributed by atoms with E-state index in [1.807, 2.05) is 19.1 Å². The minimum Gasteiger partial charge on any atom is -0.370 e. The Balaban J connectivity index is 2.41. The van der Waals surface area contributed by atoms with Gasteiger partial charge in [-0.3, -0.25) is 4.98 Å². The monoisotopic (exact) mass is 312 g/mol. The number of aryl methyl sites for hydroxylation is 1. The molecule has 1 aliphatic heterocycles. The molecule has 0 unspecified atom stereocenters. The molecule has 2 aromatic heterocycles. The lowest BCUT2D eigenvalue weighted by Gasteiger charge is -2.05. The van der Waals surface area contributed by atoms with Gasteiger partial charge in [-0.2, -0.15) is 0 Å². The first-order valence-electron chi connectivity index (χ1n) is 4.78. The van der Waals surface area contributed by atoms with Crippen LogP contribution in [0.1, 0.15) is 17.0 Å². The maximum Gasteiger partial charge on any atom is 0.103 e. The number of rotatable bonds is 0. The number of fused-ring (bicyclic) bond motifs is 2. The molecule has 3 nitrogen and oxygen atoms in total. The van der Waals surface area contributed by atoms with Crippen molar-refractivity contribution in [3.8, 4) is 0 Å². The Morgan fingerprint density at radius 3 is 3.00 bits per heavy atom. The minimum absolute atomic E-state index is 0.634. The van der Waals surface area contributed by atoms with Gasteiger partial charge in [-0.15, -0.1) is 0 Å². The van der Waals surface area contributed by atoms with E-state index < -0.39 is 0 Å². The van der Waals surface area contributed by atoms with Crippen LogP contribution in [-0.2, 0) is 18.0 Å². The lowest BCUT2D eigenvalue weighted by atomic mass is 10.2. The highest BCUT2D eigenvalue weighted by Gasteiger charge is 2.19. The lowest BCUT2D eigenvalue weighted by molar-refractivity contribution is 0.133. The molecule has 0 saturated carbocycles. The van der Waals surface area contributed by atoms with Gasteiger partial charge in [-0.25, -0.2) is 4.98 Å². The first-order valence-corrected chi connectivity index (χ1v) is 5.86. The van der Waals surface area contributed by atoms with Crippen LogP contribution in [0.3, 0.4) is 0 Å². The van der Waals surface area contributed by atoms with E-state index in [1.165, 1.54) is 9.13 Å². The van der Waals surface area contributed by atoms with Crippen LogP contribution in [-0.4, -0.2) is 9.97 Å². The van der Waals surface area contributed by atoms with Gasteiger partial charge in [0, 0.05) is 14.8 Å². The largest absolute Gasteiger partial charge is 0.370 e. The Kier molecular flexibility index (Phi) is 2.14. The predicted molar refractivity (Wildman–Crippen MR) is 65.5 cm³/mol. The summed E-state index contributed by atoms with van der Waals surface area (Å²) in [5.41, 5.74) is 5.27. The van der Waals surface area contributed by atoms with E-state index in [1.54, 1.807) is 0 Å². The Hall–Kier alpha value is -0.750. The molecule has 4 heteroatoms. The molecule has 3 heterocycles. The quantitative estimate of drug-likeness (QED) is 0.701. The van der Waals surface area contributed by atoms with E-state index in [2.05, 4.69) is 32.6 Å². The molecular weight excluding hydrogens is 303 g/mol. The zero-order chi connectivity index (χ0) is 10.4. The molecule has 0 aliphatic carbocycles. The van der Waals surface area contributed by atoms with E-state index >= 15 is 0 Å². The predicted octanol–water partition coefficient (Wildman–Crippen LogP) is 2.57. The summed E-state index contributed by atoms with van der Waals surface area (Å²) in [7, 11) is 0. The fourth-order valence-electron chi connectivity index (χ4n) is 1.80. The van der Waals surface area contributed by atoms with Gasteiger partial charge < -0.3 is 4.74 Å². The average Bonchev–Trinajstić information content (AvgIpc) is 2.68. The molecule has 0 radical (unpaired) electrons.